The van der Waals surface area contributed by atoms with E-state index in [0.29, 0.717) is 6.04 Å². The van der Waals surface area contributed by atoms with Crippen LogP contribution in [-0.2, 0) is 6.54 Å². The third-order valence-corrected chi connectivity index (χ3v) is 3.29. The first-order valence-electron chi connectivity index (χ1n) is 6.62. The van der Waals surface area contributed by atoms with Gasteiger partial charge in [0.25, 0.3) is 0 Å². The summed E-state index contributed by atoms with van der Waals surface area (Å²) in [5.41, 5.74) is 3.86. The number of methoxy groups -OCH3 is 1. The molecule has 0 aromatic heterocycles. The number of ether oxygens (including phenoxy) is 1. The van der Waals surface area contributed by atoms with Crippen LogP contribution in [0.15, 0.2) is 48.5 Å². The zero-order valence-electron chi connectivity index (χ0n) is 11.8. The highest BCUT2D eigenvalue weighted by atomic mass is 16.5. The average molecular weight is 255 g/mol. The molecule has 2 rings (SSSR count). The number of aryl methyl sites for hydroxylation is 1. The molecule has 0 aliphatic rings. The van der Waals surface area contributed by atoms with Gasteiger partial charge in [-0.05, 0) is 37.1 Å². The molecule has 1 N–H and O–H groups in total. The predicted octanol–water partition coefficient (Wildman–Crippen LogP) is 3.85. The number of rotatable bonds is 5. The summed E-state index contributed by atoms with van der Waals surface area (Å²) in [7, 11) is 1.70. The molecule has 0 saturated heterocycles. The van der Waals surface area contributed by atoms with Crippen molar-refractivity contribution in [1.29, 1.82) is 0 Å². The van der Waals surface area contributed by atoms with Crippen molar-refractivity contribution >= 4 is 0 Å². The van der Waals surface area contributed by atoms with Gasteiger partial charge in [0.2, 0.25) is 0 Å². The molecular weight excluding hydrogens is 234 g/mol. The first-order chi connectivity index (χ1) is 9.19. The van der Waals surface area contributed by atoms with Gasteiger partial charge in [-0.25, -0.2) is 0 Å². The van der Waals surface area contributed by atoms with E-state index in [1.165, 1.54) is 16.7 Å². The number of hydrogen-bond donors (Lipinski definition) is 1. The molecule has 0 unspecified atom stereocenters. The van der Waals surface area contributed by atoms with Crippen molar-refractivity contribution in [2.45, 2.75) is 26.4 Å². The minimum absolute atomic E-state index is 0.301. The maximum atomic E-state index is 5.26. The third kappa shape index (κ3) is 3.83. The third-order valence-electron chi connectivity index (χ3n) is 3.29. The molecule has 0 aliphatic heterocycles. The Bertz CT molecular complexity index is 536. The van der Waals surface area contributed by atoms with Gasteiger partial charge in [-0.1, -0.05) is 42.0 Å². The van der Waals surface area contributed by atoms with Gasteiger partial charge in [0, 0.05) is 12.6 Å². The second-order valence-electron chi connectivity index (χ2n) is 4.87. The number of nitrogens with one attached hydrogen (secondary N) is 1. The smallest absolute Gasteiger partial charge is 0.119 e. The summed E-state index contributed by atoms with van der Waals surface area (Å²) in [6, 6.07) is 17.1. The van der Waals surface area contributed by atoms with Crippen LogP contribution >= 0.6 is 0 Å². The highest BCUT2D eigenvalue weighted by Gasteiger charge is 2.05. The van der Waals surface area contributed by atoms with E-state index >= 15 is 0 Å². The second-order valence-corrected chi connectivity index (χ2v) is 4.87. The highest BCUT2D eigenvalue weighted by molar-refractivity contribution is 5.30. The molecule has 1 atom stereocenters. The number of benzene rings is 2. The fraction of sp³-hybridized carbons (Fsp3) is 0.294. The molecule has 2 heteroatoms. The van der Waals surface area contributed by atoms with E-state index in [0.717, 1.165) is 12.3 Å². The Morgan fingerprint density at radius 1 is 1.11 bits per heavy atom. The molecule has 0 spiro atoms. The summed E-state index contributed by atoms with van der Waals surface area (Å²) in [5, 5.41) is 3.54. The Morgan fingerprint density at radius 3 is 2.63 bits per heavy atom. The van der Waals surface area contributed by atoms with Gasteiger partial charge in [-0.15, -0.1) is 0 Å². The normalized spacial score (nSPS) is 12.2. The van der Waals surface area contributed by atoms with E-state index in [1.54, 1.807) is 7.11 Å². The van der Waals surface area contributed by atoms with Crippen LogP contribution in [-0.4, -0.2) is 7.11 Å². The van der Waals surface area contributed by atoms with Gasteiger partial charge in [0.1, 0.15) is 5.75 Å². The molecule has 0 bridgehead atoms. The van der Waals surface area contributed by atoms with Crippen LogP contribution < -0.4 is 10.1 Å². The molecule has 2 aromatic rings. The first-order valence-corrected chi connectivity index (χ1v) is 6.62. The number of hydrogen-bond acceptors (Lipinski definition) is 2. The summed E-state index contributed by atoms with van der Waals surface area (Å²) in [5.74, 6) is 0.904. The molecule has 100 valence electrons. The van der Waals surface area contributed by atoms with Crippen molar-refractivity contribution < 1.29 is 4.74 Å². The van der Waals surface area contributed by atoms with Gasteiger partial charge < -0.3 is 10.1 Å². The van der Waals surface area contributed by atoms with Gasteiger partial charge in [-0.3, -0.25) is 0 Å². The van der Waals surface area contributed by atoms with Gasteiger partial charge in [-0.2, -0.15) is 0 Å². The second kappa shape index (κ2) is 6.39. The van der Waals surface area contributed by atoms with E-state index in [4.69, 9.17) is 4.74 Å². The lowest BCUT2D eigenvalue weighted by atomic mass is 10.1. The summed E-state index contributed by atoms with van der Waals surface area (Å²) >= 11 is 0. The Balaban J connectivity index is 1.99. The lowest BCUT2D eigenvalue weighted by Crippen LogP contribution is -2.18. The largest absolute Gasteiger partial charge is 0.497 e. The lowest BCUT2D eigenvalue weighted by molar-refractivity contribution is 0.413. The molecule has 0 heterocycles. The van der Waals surface area contributed by atoms with Crippen molar-refractivity contribution in [3.8, 4) is 5.75 Å². The molecule has 0 amide bonds. The average Bonchev–Trinajstić information content (AvgIpc) is 2.45. The Hall–Kier alpha value is -1.80. The molecule has 2 aromatic carbocycles. The van der Waals surface area contributed by atoms with Gasteiger partial charge in [0.15, 0.2) is 0 Å². The molecular formula is C17H21NO. The topological polar surface area (TPSA) is 21.3 Å². The highest BCUT2D eigenvalue weighted by Crippen LogP contribution is 2.19. The Labute approximate surface area is 115 Å². The zero-order chi connectivity index (χ0) is 13.7. The zero-order valence-corrected chi connectivity index (χ0v) is 11.8. The van der Waals surface area contributed by atoms with E-state index in [1.807, 2.05) is 12.1 Å². The van der Waals surface area contributed by atoms with Crippen molar-refractivity contribution in [3.05, 3.63) is 65.2 Å². The molecule has 0 fully saturated rings. The first kappa shape index (κ1) is 13.6. The minimum atomic E-state index is 0.301. The van der Waals surface area contributed by atoms with Crippen LogP contribution in [0.4, 0.5) is 0 Å². The standard InChI is InChI=1S/C17H21NO/c1-13-6-4-7-15(10-13)12-18-14(2)16-8-5-9-17(11-16)19-3/h4-11,14,18H,12H2,1-3H3/t14-/m1/s1. The predicted molar refractivity (Wildman–Crippen MR) is 79.4 cm³/mol. The fourth-order valence-corrected chi connectivity index (χ4v) is 2.12. The Kier molecular flexibility index (Phi) is 4.58. The summed E-state index contributed by atoms with van der Waals surface area (Å²) in [6.07, 6.45) is 0. The van der Waals surface area contributed by atoms with Crippen LogP contribution in [0.2, 0.25) is 0 Å². The summed E-state index contributed by atoms with van der Waals surface area (Å²) in [4.78, 5) is 0. The fourth-order valence-electron chi connectivity index (χ4n) is 2.12. The van der Waals surface area contributed by atoms with E-state index in [-0.39, 0.29) is 0 Å². The van der Waals surface area contributed by atoms with Gasteiger partial charge in [0.05, 0.1) is 7.11 Å². The van der Waals surface area contributed by atoms with Crippen LogP contribution in [0.5, 0.6) is 5.75 Å². The van der Waals surface area contributed by atoms with Gasteiger partial charge >= 0.3 is 0 Å². The maximum absolute atomic E-state index is 5.26. The van der Waals surface area contributed by atoms with Crippen molar-refractivity contribution in [3.63, 3.8) is 0 Å². The van der Waals surface area contributed by atoms with Crippen LogP contribution in [0, 0.1) is 6.92 Å². The van der Waals surface area contributed by atoms with E-state index in [9.17, 15) is 0 Å². The van der Waals surface area contributed by atoms with Crippen molar-refractivity contribution in [2.24, 2.45) is 0 Å². The molecule has 0 aliphatic carbocycles. The van der Waals surface area contributed by atoms with Crippen molar-refractivity contribution in [1.82, 2.24) is 5.32 Å². The van der Waals surface area contributed by atoms with Crippen LogP contribution in [0.3, 0.4) is 0 Å². The van der Waals surface area contributed by atoms with Crippen LogP contribution in [0.25, 0.3) is 0 Å². The monoisotopic (exact) mass is 255 g/mol. The molecule has 2 nitrogen and oxygen atoms in total. The van der Waals surface area contributed by atoms with Crippen molar-refractivity contribution in [2.75, 3.05) is 7.11 Å². The summed E-state index contributed by atoms with van der Waals surface area (Å²) in [6.45, 7) is 5.17. The SMILES string of the molecule is COc1cccc([C@@H](C)NCc2cccc(C)c2)c1. The van der Waals surface area contributed by atoms with E-state index in [2.05, 4.69) is 55.6 Å². The Morgan fingerprint density at radius 2 is 1.89 bits per heavy atom. The molecule has 19 heavy (non-hydrogen) atoms. The molecule has 0 radical (unpaired) electrons. The van der Waals surface area contributed by atoms with Crippen LogP contribution in [0.1, 0.15) is 29.7 Å². The lowest BCUT2D eigenvalue weighted by Gasteiger charge is -2.15. The van der Waals surface area contributed by atoms with E-state index < -0.39 is 0 Å². The molecule has 0 saturated carbocycles. The summed E-state index contributed by atoms with van der Waals surface area (Å²) < 4.78 is 5.26. The minimum Gasteiger partial charge on any atom is -0.497 e. The maximum Gasteiger partial charge on any atom is 0.119 e. The quantitative estimate of drug-likeness (QED) is 0.876.